The molecule has 0 bridgehead atoms. The number of nitrogens with zero attached hydrogens (tertiary/aromatic N) is 1. The van der Waals surface area contributed by atoms with Gasteiger partial charge in [-0.25, -0.2) is 14.6 Å². The topological polar surface area (TPSA) is 136 Å². The summed E-state index contributed by atoms with van der Waals surface area (Å²) in [6.07, 6.45) is 5.15. The molecule has 0 aliphatic carbocycles. The Bertz CT molecular complexity index is 862. The van der Waals surface area contributed by atoms with E-state index in [2.05, 4.69) is 52.7 Å². The van der Waals surface area contributed by atoms with Gasteiger partial charge in [0.1, 0.15) is 11.4 Å². The summed E-state index contributed by atoms with van der Waals surface area (Å²) in [7, 11) is 1.16. The molecule has 1 heterocycles. The van der Waals surface area contributed by atoms with E-state index < -0.39 is 17.8 Å². The zero-order chi connectivity index (χ0) is 26.8. The van der Waals surface area contributed by atoms with Crippen LogP contribution in [-0.2, 0) is 25.5 Å². The van der Waals surface area contributed by atoms with Gasteiger partial charge >= 0.3 is 12.1 Å². The average molecular weight is 511 g/mol. The molecule has 0 unspecified atom stereocenters. The lowest BCUT2D eigenvalue weighted by atomic mass is 9.98. The second-order valence-corrected chi connectivity index (χ2v) is 8.32. The molecule has 0 saturated carbocycles. The maximum Gasteiger partial charge on any atom is 0.407 e. The van der Waals surface area contributed by atoms with Crippen molar-refractivity contribution in [2.75, 3.05) is 20.3 Å². The van der Waals surface area contributed by atoms with Gasteiger partial charge in [0, 0.05) is 11.9 Å². The average Bonchev–Trinajstić information content (AvgIpc) is 3.32. The van der Waals surface area contributed by atoms with Gasteiger partial charge < -0.3 is 25.4 Å². The summed E-state index contributed by atoms with van der Waals surface area (Å²) < 4.78 is 9.18. The monoisotopic (exact) mass is 510 g/mol. The Morgan fingerprint density at radius 1 is 1.03 bits per heavy atom. The fraction of sp³-hybridized carbons (Fsp3) is 0.542. The van der Waals surface area contributed by atoms with E-state index in [0.717, 1.165) is 25.1 Å². The molecule has 196 valence electrons. The van der Waals surface area contributed by atoms with Crippen molar-refractivity contribution in [3.8, 4) is 0 Å². The highest BCUT2D eigenvalue weighted by Crippen LogP contribution is 2.12. The van der Waals surface area contributed by atoms with Gasteiger partial charge in [-0.05, 0) is 32.1 Å². The van der Waals surface area contributed by atoms with Crippen LogP contribution in [0.1, 0.15) is 68.9 Å². The summed E-state index contributed by atoms with van der Waals surface area (Å²) in [6, 6.07) is 0. The summed E-state index contributed by atoms with van der Waals surface area (Å²) in [6.45, 7) is 16.0. The van der Waals surface area contributed by atoms with Gasteiger partial charge in [-0.1, -0.05) is 46.8 Å². The number of ether oxygens (including phenoxy) is 2. The van der Waals surface area contributed by atoms with E-state index in [1.807, 2.05) is 13.8 Å². The standard InChI is InChI=1S/C13H15N3O4S.C11H23NO2/c1-5-10-16-9(6-21-10)12(18)14-7(2)11(17)15-8(3)13(19)20-4;1-4-7-10(8-5-2)9-12-11(13)14-6-3/h6H,2-3,5H2,1,4H3,(H,14,18)(H,15,17);10H,4-9H2,1-3H3,(H,12,13). The van der Waals surface area contributed by atoms with Crippen LogP contribution >= 0.6 is 11.3 Å². The molecule has 0 spiro atoms. The van der Waals surface area contributed by atoms with Crippen LogP contribution in [0.5, 0.6) is 0 Å². The van der Waals surface area contributed by atoms with E-state index in [-0.39, 0.29) is 23.2 Å². The van der Waals surface area contributed by atoms with E-state index in [4.69, 9.17) is 4.74 Å². The van der Waals surface area contributed by atoms with Crippen LogP contribution in [0.4, 0.5) is 4.79 Å². The molecule has 1 rings (SSSR count). The number of carbonyl (C=O) groups excluding carboxylic acids is 4. The highest BCUT2D eigenvalue weighted by atomic mass is 32.1. The Morgan fingerprint density at radius 2 is 1.66 bits per heavy atom. The van der Waals surface area contributed by atoms with E-state index in [1.165, 1.54) is 37.0 Å². The van der Waals surface area contributed by atoms with E-state index in [1.54, 1.807) is 5.38 Å². The van der Waals surface area contributed by atoms with Crippen molar-refractivity contribution >= 4 is 35.2 Å². The Hall–Kier alpha value is -3.21. The molecule has 3 N–H and O–H groups in total. The normalized spacial score (nSPS) is 9.89. The molecule has 35 heavy (non-hydrogen) atoms. The number of aryl methyl sites for hydroxylation is 1. The molecule has 3 amide bonds. The molecule has 10 nitrogen and oxygen atoms in total. The fourth-order valence-corrected chi connectivity index (χ4v) is 3.52. The molecule has 1 aromatic heterocycles. The maximum absolute atomic E-state index is 11.8. The quantitative estimate of drug-likeness (QED) is 0.272. The Morgan fingerprint density at radius 3 is 2.14 bits per heavy atom. The Kier molecular flexibility index (Phi) is 16.5. The van der Waals surface area contributed by atoms with Gasteiger partial charge in [-0.3, -0.25) is 9.59 Å². The minimum absolute atomic E-state index is 0.206. The SMILES string of the molecule is C=C(NC(=O)c1csc(CC)n1)C(=O)NC(=C)C(=O)OC.CCCC(CCC)CNC(=O)OCC. The number of hydrogen-bond donors (Lipinski definition) is 3. The van der Waals surface area contributed by atoms with Crippen molar-refractivity contribution in [1.82, 2.24) is 20.9 Å². The third-order valence-electron chi connectivity index (χ3n) is 4.53. The number of amides is 3. The first-order chi connectivity index (χ1) is 16.6. The van der Waals surface area contributed by atoms with Gasteiger partial charge in [0.25, 0.3) is 11.8 Å². The molecule has 1 aromatic rings. The van der Waals surface area contributed by atoms with Crippen molar-refractivity contribution < 1.29 is 28.7 Å². The minimum atomic E-state index is -0.783. The summed E-state index contributed by atoms with van der Waals surface area (Å²) in [5.41, 5.74) is -0.270. The van der Waals surface area contributed by atoms with Crippen LogP contribution in [0.3, 0.4) is 0 Å². The van der Waals surface area contributed by atoms with Crippen LogP contribution < -0.4 is 16.0 Å². The number of alkyl carbamates (subject to hydrolysis) is 1. The van der Waals surface area contributed by atoms with Crippen LogP contribution in [-0.4, -0.2) is 49.1 Å². The second-order valence-electron chi connectivity index (χ2n) is 7.38. The molecule has 0 aromatic carbocycles. The van der Waals surface area contributed by atoms with E-state index >= 15 is 0 Å². The molecule has 11 heteroatoms. The number of carbonyl (C=O) groups is 4. The summed E-state index contributed by atoms with van der Waals surface area (Å²) >= 11 is 1.35. The van der Waals surface area contributed by atoms with Crippen molar-refractivity contribution in [1.29, 1.82) is 0 Å². The predicted molar refractivity (Wildman–Crippen MR) is 136 cm³/mol. The lowest BCUT2D eigenvalue weighted by Crippen LogP contribution is -2.35. The van der Waals surface area contributed by atoms with Crippen molar-refractivity contribution in [2.45, 2.75) is 59.8 Å². The van der Waals surface area contributed by atoms with Gasteiger partial charge in [-0.15, -0.1) is 11.3 Å². The van der Waals surface area contributed by atoms with Crippen molar-refractivity contribution in [3.05, 3.63) is 40.6 Å². The lowest BCUT2D eigenvalue weighted by molar-refractivity contribution is -0.137. The first-order valence-corrected chi connectivity index (χ1v) is 12.4. The molecule has 0 atom stereocenters. The summed E-state index contributed by atoms with van der Waals surface area (Å²) in [5, 5.41) is 9.66. The highest BCUT2D eigenvalue weighted by Gasteiger charge is 2.17. The molecular weight excluding hydrogens is 472 g/mol. The smallest absolute Gasteiger partial charge is 0.407 e. The minimum Gasteiger partial charge on any atom is -0.464 e. The molecule has 0 saturated heterocycles. The Balaban J connectivity index is 0.000000720. The van der Waals surface area contributed by atoms with Gasteiger partial charge in [0.05, 0.1) is 24.4 Å². The van der Waals surface area contributed by atoms with Crippen LogP contribution in [0, 0.1) is 5.92 Å². The van der Waals surface area contributed by atoms with Crippen LogP contribution in [0.15, 0.2) is 29.9 Å². The molecule has 0 aliphatic heterocycles. The number of rotatable bonds is 13. The van der Waals surface area contributed by atoms with E-state index in [0.29, 0.717) is 12.5 Å². The molecular formula is C24H38N4O6S. The number of methoxy groups -OCH3 is 1. The third kappa shape index (κ3) is 13.3. The molecule has 0 radical (unpaired) electrons. The number of hydrogen-bond acceptors (Lipinski definition) is 8. The number of nitrogens with one attached hydrogen (secondary N) is 3. The largest absolute Gasteiger partial charge is 0.464 e. The maximum atomic E-state index is 11.8. The lowest BCUT2D eigenvalue weighted by Gasteiger charge is -2.15. The third-order valence-corrected chi connectivity index (χ3v) is 5.52. The van der Waals surface area contributed by atoms with Crippen molar-refractivity contribution in [2.24, 2.45) is 5.92 Å². The Labute approximate surface area is 211 Å². The fourth-order valence-electron chi connectivity index (χ4n) is 2.80. The number of thiazole rings is 1. The summed E-state index contributed by atoms with van der Waals surface area (Å²) in [4.78, 5) is 49.7. The molecule has 0 fully saturated rings. The molecule has 0 aliphatic rings. The highest BCUT2D eigenvalue weighted by molar-refractivity contribution is 7.09. The number of esters is 1. The predicted octanol–water partition coefficient (Wildman–Crippen LogP) is 3.70. The zero-order valence-corrected chi connectivity index (χ0v) is 22.1. The van der Waals surface area contributed by atoms with Crippen LogP contribution in [0.25, 0.3) is 0 Å². The van der Waals surface area contributed by atoms with Crippen LogP contribution in [0.2, 0.25) is 0 Å². The van der Waals surface area contributed by atoms with Gasteiger partial charge in [0.15, 0.2) is 0 Å². The van der Waals surface area contributed by atoms with Crippen molar-refractivity contribution in [3.63, 3.8) is 0 Å². The second kappa shape index (κ2) is 18.2. The zero-order valence-electron chi connectivity index (χ0n) is 21.3. The van der Waals surface area contributed by atoms with E-state index in [9.17, 15) is 19.2 Å². The van der Waals surface area contributed by atoms with Gasteiger partial charge in [-0.2, -0.15) is 0 Å². The van der Waals surface area contributed by atoms with Gasteiger partial charge in [0.2, 0.25) is 0 Å². The summed E-state index contributed by atoms with van der Waals surface area (Å²) in [5.74, 6) is -1.48. The number of aromatic nitrogens is 1. The first-order valence-electron chi connectivity index (χ1n) is 11.6. The first kappa shape index (κ1) is 31.8.